The first kappa shape index (κ1) is 9.92. The molecule has 0 aromatic carbocycles. The summed E-state index contributed by atoms with van der Waals surface area (Å²) in [5.41, 5.74) is 5.97. The summed E-state index contributed by atoms with van der Waals surface area (Å²) >= 11 is 0. The summed E-state index contributed by atoms with van der Waals surface area (Å²) in [6.45, 7) is 5.69. The Morgan fingerprint density at radius 3 is 2.46 bits per heavy atom. The van der Waals surface area contributed by atoms with Gasteiger partial charge in [0.15, 0.2) is 5.82 Å². The number of methoxy groups -OCH3 is 1. The van der Waals surface area contributed by atoms with Gasteiger partial charge in [-0.25, -0.2) is 9.97 Å². The lowest BCUT2D eigenvalue weighted by Crippen LogP contribution is -2.23. The van der Waals surface area contributed by atoms with Gasteiger partial charge in [0.25, 0.3) is 0 Å². The van der Waals surface area contributed by atoms with E-state index >= 15 is 0 Å². The quantitative estimate of drug-likeness (QED) is 0.745. The molecular formula is C9H15N3O. The molecule has 1 rings (SSSR count). The van der Waals surface area contributed by atoms with Crippen molar-refractivity contribution in [2.24, 2.45) is 0 Å². The van der Waals surface area contributed by atoms with Crippen molar-refractivity contribution in [1.29, 1.82) is 0 Å². The molecule has 0 amide bonds. The highest BCUT2D eigenvalue weighted by molar-refractivity contribution is 5.30. The van der Waals surface area contributed by atoms with E-state index in [1.165, 1.54) is 0 Å². The smallest absolute Gasteiger partial charge is 0.162 e. The van der Waals surface area contributed by atoms with Crippen LogP contribution in [0.5, 0.6) is 0 Å². The van der Waals surface area contributed by atoms with Crippen molar-refractivity contribution in [2.75, 3.05) is 12.8 Å². The Hall–Kier alpha value is -1.16. The first-order chi connectivity index (χ1) is 5.95. The fraction of sp³-hybridized carbons (Fsp3) is 0.556. The predicted octanol–water partition coefficient (Wildman–Crippen LogP) is 1.25. The van der Waals surface area contributed by atoms with Crippen LogP contribution in [-0.4, -0.2) is 17.1 Å². The van der Waals surface area contributed by atoms with Gasteiger partial charge >= 0.3 is 0 Å². The number of nitrogen functional groups attached to an aromatic ring is 1. The molecule has 0 spiro atoms. The SMILES string of the molecule is COC(C)(C)c1nc(C)cc(N)n1. The molecule has 1 aromatic rings. The molecule has 4 heteroatoms. The Bertz CT molecular complexity index is 289. The number of anilines is 1. The Labute approximate surface area is 78.1 Å². The molecule has 1 heterocycles. The molecule has 0 aliphatic heterocycles. The van der Waals surface area contributed by atoms with Gasteiger partial charge in [-0.1, -0.05) is 0 Å². The predicted molar refractivity (Wildman–Crippen MR) is 51.2 cm³/mol. The van der Waals surface area contributed by atoms with E-state index in [2.05, 4.69) is 9.97 Å². The Balaban J connectivity index is 3.15. The zero-order chi connectivity index (χ0) is 10.1. The zero-order valence-electron chi connectivity index (χ0n) is 8.46. The number of aromatic nitrogens is 2. The molecule has 0 saturated heterocycles. The molecular weight excluding hydrogens is 166 g/mol. The summed E-state index contributed by atoms with van der Waals surface area (Å²) in [6, 6.07) is 1.73. The van der Waals surface area contributed by atoms with E-state index in [4.69, 9.17) is 10.5 Å². The van der Waals surface area contributed by atoms with Gasteiger partial charge in [-0.15, -0.1) is 0 Å². The second kappa shape index (κ2) is 3.30. The van der Waals surface area contributed by atoms with Crippen LogP contribution in [0.1, 0.15) is 25.4 Å². The number of hydrogen-bond donors (Lipinski definition) is 1. The van der Waals surface area contributed by atoms with E-state index in [0.717, 1.165) is 5.69 Å². The molecule has 1 aromatic heterocycles. The highest BCUT2D eigenvalue weighted by Gasteiger charge is 2.23. The van der Waals surface area contributed by atoms with Crippen molar-refractivity contribution in [3.8, 4) is 0 Å². The average Bonchev–Trinajstić information content (AvgIpc) is 2.02. The topological polar surface area (TPSA) is 61.0 Å². The standard InChI is InChI=1S/C9H15N3O/c1-6-5-7(10)12-8(11-6)9(2,3)13-4/h5H,1-4H3,(H2,10,11,12). The third-order valence-electron chi connectivity index (χ3n) is 1.92. The molecule has 4 nitrogen and oxygen atoms in total. The molecule has 0 radical (unpaired) electrons. The maximum absolute atomic E-state index is 5.60. The minimum absolute atomic E-state index is 0.479. The molecule has 0 aliphatic carbocycles. The number of hydrogen-bond acceptors (Lipinski definition) is 4. The van der Waals surface area contributed by atoms with E-state index in [1.54, 1.807) is 13.2 Å². The van der Waals surface area contributed by atoms with Gasteiger partial charge < -0.3 is 10.5 Å². The zero-order valence-corrected chi connectivity index (χ0v) is 8.46. The minimum atomic E-state index is -0.486. The summed E-state index contributed by atoms with van der Waals surface area (Å²) in [4.78, 5) is 8.38. The minimum Gasteiger partial charge on any atom is -0.384 e. The highest BCUT2D eigenvalue weighted by atomic mass is 16.5. The van der Waals surface area contributed by atoms with E-state index < -0.39 is 5.60 Å². The number of nitrogens with zero attached hydrogens (tertiary/aromatic N) is 2. The molecule has 0 bridgehead atoms. The van der Waals surface area contributed by atoms with Crippen LogP contribution in [0, 0.1) is 6.92 Å². The molecule has 13 heavy (non-hydrogen) atoms. The maximum atomic E-state index is 5.60. The van der Waals surface area contributed by atoms with Crippen LogP contribution in [0.4, 0.5) is 5.82 Å². The number of nitrogens with two attached hydrogens (primary N) is 1. The van der Waals surface area contributed by atoms with Gasteiger partial charge in [0.1, 0.15) is 11.4 Å². The van der Waals surface area contributed by atoms with Crippen molar-refractivity contribution in [3.63, 3.8) is 0 Å². The summed E-state index contributed by atoms with van der Waals surface area (Å²) < 4.78 is 5.25. The first-order valence-electron chi connectivity index (χ1n) is 4.12. The van der Waals surface area contributed by atoms with Gasteiger partial charge in [0.2, 0.25) is 0 Å². The van der Waals surface area contributed by atoms with E-state index in [1.807, 2.05) is 20.8 Å². The molecule has 0 saturated carbocycles. The summed E-state index contributed by atoms with van der Waals surface area (Å²) in [6.07, 6.45) is 0. The van der Waals surface area contributed by atoms with E-state index in [9.17, 15) is 0 Å². The fourth-order valence-electron chi connectivity index (χ4n) is 0.953. The van der Waals surface area contributed by atoms with Gasteiger partial charge in [0.05, 0.1) is 0 Å². The lowest BCUT2D eigenvalue weighted by atomic mass is 10.1. The summed E-state index contributed by atoms with van der Waals surface area (Å²) in [5, 5.41) is 0. The molecule has 2 N–H and O–H groups in total. The van der Waals surface area contributed by atoms with Crippen LogP contribution in [0.2, 0.25) is 0 Å². The van der Waals surface area contributed by atoms with Crippen LogP contribution < -0.4 is 5.73 Å². The molecule has 0 fully saturated rings. The number of rotatable bonds is 2. The molecule has 0 unspecified atom stereocenters. The Morgan fingerprint density at radius 1 is 1.38 bits per heavy atom. The normalized spacial score (nSPS) is 11.7. The largest absolute Gasteiger partial charge is 0.384 e. The second-order valence-corrected chi connectivity index (χ2v) is 3.47. The van der Waals surface area contributed by atoms with Gasteiger partial charge in [-0.2, -0.15) is 0 Å². The number of aryl methyl sites for hydroxylation is 1. The Morgan fingerprint density at radius 2 is 2.00 bits per heavy atom. The Kier molecular flexibility index (Phi) is 2.52. The maximum Gasteiger partial charge on any atom is 0.162 e. The number of ether oxygens (including phenoxy) is 1. The van der Waals surface area contributed by atoms with Crippen molar-refractivity contribution >= 4 is 5.82 Å². The lowest BCUT2D eigenvalue weighted by Gasteiger charge is -2.21. The van der Waals surface area contributed by atoms with Crippen LogP contribution >= 0.6 is 0 Å². The fourth-order valence-corrected chi connectivity index (χ4v) is 0.953. The third-order valence-corrected chi connectivity index (χ3v) is 1.92. The van der Waals surface area contributed by atoms with Crippen molar-refractivity contribution < 1.29 is 4.74 Å². The van der Waals surface area contributed by atoms with Crippen LogP contribution in [0.3, 0.4) is 0 Å². The van der Waals surface area contributed by atoms with Gasteiger partial charge in [0, 0.05) is 18.9 Å². The van der Waals surface area contributed by atoms with E-state index in [-0.39, 0.29) is 0 Å². The molecule has 0 atom stereocenters. The average molecular weight is 181 g/mol. The van der Waals surface area contributed by atoms with Crippen molar-refractivity contribution in [2.45, 2.75) is 26.4 Å². The van der Waals surface area contributed by atoms with Crippen molar-refractivity contribution in [3.05, 3.63) is 17.6 Å². The highest BCUT2D eigenvalue weighted by Crippen LogP contribution is 2.20. The van der Waals surface area contributed by atoms with E-state index in [0.29, 0.717) is 11.6 Å². The lowest BCUT2D eigenvalue weighted by molar-refractivity contribution is 0.0114. The second-order valence-electron chi connectivity index (χ2n) is 3.47. The van der Waals surface area contributed by atoms with Crippen molar-refractivity contribution in [1.82, 2.24) is 9.97 Å². The monoisotopic (exact) mass is 181 g/mol. The van der Waals surface area contributed by atoms with Crippen LogP contribution in [0.25, 0.3) is 0 Å². The summed E-state index contributed by atoms with van der Waals surface area (Å²) in [7, 11) is 1.63. The summed E-state index contributed by atoms with van der Waals surface area (Å²) in [5.74, 6) is 1.10. The van der Waals surface area contributed by atoms with Crippen LogP contribution in [-0.2, 0) is 10.3 Å². The van der Waals surface area contributed by atoms with Gasteiger partial charge in [-0.05, 0) is 20.8 Å². The first-order valence-corrected chi connectivity index (χ1v) is 4.12. The third kappa shape index (κ3) is 2.15. The molecule has 0 aliphatic rings. The van der Waals surface area contributed by atoms with Crippen LogP contribution in [0.15, 0.2) is 6.07 Å². The molecule has 72 valence electrons. The van der Waals surface area contributed by atoms with Gasteiger partial charge in [-0.3, -0.25) is 0 Å².